The molecule has 1 aromatic carbocycles. The summed E-state index contributed by atoms with van der Waals surface area (Å²) in [4.78, 5) is 20.6. The summed E-state index contributed by atoms with van der Waals surface area (Å²) < 4.78 is 5.67. The van der Waals surface area contributed by atoms with Gasteiger partial charge in [-0.1, -0.05) is 36.4 Å². The average Bonchev–Trinajstić information content (AvgIpc) is 3.05. The van der Waals surface area contributed by atoms with E-state index in [1.807, 2.05) is 56.8 Å². The number of hydrogen-bond donors (Lipinski definition) is 0. The van der Waals surface area contributed by atoms with Gasteiger partial charge in [0.2, 0.25) is 0 Å². The Hall–Kier alpha value is -1.85. The molecule has 0 saturated carbocycles. The van der Waals surface area contributed by atoms with Crippen molar-refractivity contribution in [3.63, 3.8) is 0 Å². The molecule has 2 heterocycles. The van der Waals surface area contributed by atoms with Crippen molar-refractivity contribution < 1.29 is 14.4 Å². The van der Waals surface area contributed by atoms with Crippen LogP contribution in [-0.2, 0) is 9.57 Å². The molecule has 3 rings (SSSR count). The van der Waals surface area contributed by atoms with E-state index in [9.17, 15) is 4.79 Å². The lowest BCUT2D eigenvalue weighted by Crippen LogP contribution is -2.40. The average molecular weight is 344 g/mol. The zero-order chi connectivity index (χ0) is 18.4. The van der Waals surface area contributed by atoms with Gasteiger partial charge in [0.1, 0.15) is 5.60 Å². The summed E-state index contributed by atoms with van der Waals surface area (Å²) in [5.41, 5.74) is 2.88. The van der Waals surface area contributed by atoms with E-state index in [0.29, 0.717) is 6.61 Å². The number of hydroxylamine groups is 2. The van der Waals surface area contributed by atoms with Gasteiger partial charge in [0.25, 0.3) is 0 Å². The highest BCUT2D eigenvalue weighted by Crippen LogP contribution is 2.54. The van der Waals surface area contributed by atoms with Crippen LogP contribution >= 0.6 is 0 Å². The molecular formula is C20H28N2O3. The molecule has 1 amide bonds. The zero-order valence-corrected chi connectivity index (χ0v) is 15.8. The first-order valence-corrected chi connectivity index (χ1v) is 8.79. The third-order valence-electron chi connectivity index (χ3n) is 4.72. The molecule has 0 radical (unpaired) electrons. The first-order chi connectivity index (χ1) is 11.7. The van der Waals surface area contributed by atoms with Gasteiger partial charge in [0.05, 0.1) is 24.7 Å². The Labute approximate surface area is 150 Å². The smallest absolute Gasteiger partial charge is 0.411 e. The van der Waals surface area contributed by atoms with E-state index < -0.39 is 5.60 Å². The maximum absolute atomic E-state index is 12.9. The third-order valence-corrected chi connectivity index (χ3v) is 4.72. The van der Waals surface area contributed by atoms with E-state index in [0.717, 1.165) is 12.0 Å². The Morgan fingerprint density at radius 1 is 1.32 bits per heavy atom. The van der Waals surface area contributed by atoms with Gasteiger partial charge in [-0.25, -0.2) is 4.79 Å². The predicted molar refractivity (Wildman–Crippen MR) is 96.9 cm³/mol. The zero-order valence-electron chi connectivity index (χ0n) is 15.8. The van der Waals surface area contributed by atoms with Crippen molar-refractivity contribution in [2.45, 2.75) is 57.8 Å². The number of carbonyl (C=O) groups is 1. The molecule has 0 spiro atoms. The summed E-state index contributed by atoms with van der Waals surface area (Å²) in [7, 11) is 1.93. The number of fused-ring (bicyclic) bond motifs is 5. The summed E-state index contributed by atoms with van der Waals surface area (Å²) in [6.45, 7) is 12.0. The minimum atomic E-state index is -0.511. The van der Waals surface area contributed by atoms with Crippen LogP contribution in [0.15, 0.2) is 36.4 Å². The monoisotopic (exact) mass is 344 g/mol. The lowest BCUT2D eigenvalue weighted by Gasteiger charge is -2.32. The number of rotatable bonds is 4. The molecule has 0 aromatic heterocycles. The van der Waals surface area contributed by atoms with Crippen molar-refractivity contribution >= 4 is 6.09 Å². The molecule has 0 N–H and O–H groups in total. The molecule has 136 valence electrons. The molecule has 2 aliphatic heterocycles. The Morgan fingerprint density at radius 2 is 1.96 bits per heavy atom. The lowest BCUT2D eigenvalue weighted by molar-refractivity contribution is -0.164. The van der Waals surface area contributed by atoms with Crippen LogP contribution in [-0.4, -0.2) is 41.4 Å². The van der Waals surface area contributed by atoms with Crippen LogP contribution in [0, 0.1) is 0 Å². The van der Waals surface area contributed by atoms with E-state index in [-0.39, 0.29) is 24.2 Å². The molecular weight excluding hydrogens is 316 g/mol. The predicted octanol–water partition coefficient (Wildman–Crippen LogP) is 4.23. The number of likely N-dealkylation sites (N-methyl/N-ethyl adjacent to an activating group) is 1. The van der Waals surface area contributed by atoms with Gasteiger partial charge in [0, 0.05) is 7.05 Å². The van der Waals surface area contributed by atoms with Gasteiger partial charge < -0.3 is 4.74 Å². The SMILES string of the molecule is C=C(C)CON(C)C1CC2c3ccccc3C1N2C(=O)OC(C)(C)C. The highest BCUT2D eigenvalue weighted by Gasteiger charge is 2.54. The highest BCUT2D eigenvalue weighted by molar-refractivity contribution is 5.72. The molecule has 25 heavy (non-hydrogen) atoms. The standard InChI is InChI=1S/C20H28N2O3/c1-13(2)12-24-21(6)17-11-16-14-9-7-8-10-15(14)18(17)22(16)19(23)25-20(3,4)5/h7-10,16-18H,1,11-12H2,2-6H3. The molecule has 3 unspecified atom stereocenters. The van der Waals surface area contributed by atoms with E-state index >= 15 is 0 Å². The number of benzene rings is 1. The van der Waals surface area contributed by atoms with Crippen LogP contribution in [0.4, 0.5) is 4.79 Å². The van der Waals surface area contributed by atoms with Crippen LogP contribution in [0.2, 0.25) is 0 Å². The fourth-order valence-corrected chi connectivity index (χ4v) is 3.78. The van der Waals surface area contributed by atoms with E-state index in [1.54, 1.807) is 0 Å². The molecule has 3 atom stereocenters. The van der Waals surface area contributed by atoms with Crippen molar-refractivity contribution in [2.24, 2.45) is 0 Å². The Morgan fingerprint density at radius 3 is 2.56 bits per heavy atom. The van der Waals surface area contributed by atoms with Gasteiger partial charge in [0.15, 0.2) is 0 Å². The van der Waals surface area contributed by atoms with Gasteiger partial charge in [-0.05, 0) is 45.2 Å². The Balaban J connectivity index is 1.86. The summed E-state index contributed by atoms with van der Waals surface area (Å²) in [6, 6.07) is 8.37. The fourth-order valence-electron chi connectivity index (χ4n) is 3.78. The second kappa shape index (κ2) is 6.46. The maximum atomic E-state index is 12.9. The maximum Gasteiger partial charge on any atom is 0.411 e. The molecule has 5 heteroatoms. The summed E-state index contributed by atoms with van der Waals surface area (Å²) >= 11 is 0. The number of carbonyl (C=O) groups excluding carboxylic acids is 1. The minimum Gasteiger partial charge on any atom is -0.444 e. The highest BCUT2D eigenvalue weighted by atomic mass is 16.7. The number of hydrogen-bond acceptors (Lipinski definition) is 4. The number of ether oxygens (including phenoxy) is 1. The van der Waals surface area contributed by atoms with Gasteiger partial charge >= 0.3 is 6.09 Å². The Bertz CT molecular complexity index is 680. The molecule has 1 aromatic rings. The van der Waals surface area contributed by atoms with Crippen LogP contribution in [0.3, 0.4) is 0 Å². The van der Waals surface area contributed by atoms with Gasteiger partial charge in [-0.15, -0.1) is 0 Å². The first-order valence-electron chi connectivity index (χ1n) is 8.79. The molecule has 5 nitrogen and oxygen atoms in total. The van der Waals surface area contributed by atoms with Crippen molar-refractivity contribution in [3.8, 4) is 0 Å². The third kappa shape index (κ3) is 3.44. The lowest BCUT2D eigenvalue weighted by atomic mass is 9.88. The number of nitrogens with zero attached hydrogens (tertiary/aromatic N) is 2. The van der Waals surface area contributed by atoms with Crippen molar-refractivity contribution in [1.29, 1.82) is 0 Å². The quantitative estimate of drug-likeness (QED) is 0.605. The van der Waals surface area contributed by atoms with Gasteiger partial charge in [-0.3, -0.25) is 9.74 Å². The first kappa shape index (κ1) is 18.0. The molecule has 2 aliphatic rings. The number of amides is 1. The largest absolute Gasteiger partial charge is 0.444 e. The molecule has 1 fully saturated rings. The summed E-state index contributed by atoms with van der Waals surface area (Å²) in [5.74, 6) is 0. The van der Waals surface area contributed by atoms with Crippen molar-refractivity contribution in [2.75, 3.05) is 13.7 Å². The normalized spacial score (nSPS) is 24.6. The topological polar surface area (TPSA) is 42.0 Å². The van der Waals surface area contributed by atoms with Crippen LogP contribution < -0.4 is 0 Å². The summed E-state index contributed by atoms with van der Waals surface area (Å²) in [6.07, 6.45) is 0.586. The molecule has 1 saturated heterocycles. The fraction of sp³-hybridized carbons (Fsp3) is 0.550. The van der Waals surface area contributed by atoms with Crippen molar-refractivity contribution in [3.05, 3.63) is 47.5 Å². The second-order valence-corrected chi connectivity index (χ2v) is 8.06. The molecule has 0 aliphatic carbocycles. The van der Waals surface area contributed by atoms with E-state index in [1.165, 1.54) is 11.1 Å². The van der Waals surface area contributed by atoms with Crippen LogP contribution in [0.25, 0.3) is 0 Å². The Kier molecular flexibility index (Phi) is 4.64. The second-order valence-electron chi connectivity index (χ2n) is 8.06. The van der Waals surface area contributed by atoms with Gasteiger partial charge in [-0.2, -0.15) is 5.06 Å². The summed E-state index contributed by atoms with van der Waals surface area (Å²) in [5, 5.41) is 1.88. The van der Waals surface area contributed by atoms with Crippen LogP contribution in [0.1, 0.15) is 57.3 Å². The van der Waals surface area contributed by atoms with Crippen molar-refractivity contribution in [1.82, 2.24) is 9.96 Å². The van der Waals surface area contributed by atoms with E-state index in [2.05, 4.69) is 18.7 Å². The minimum absolute atomic E-state index is 0.0388. The van der Waals surface area contributed by atoms with Crippen LogP contribution in [0.5, 0.6) is 0 Å². The molecule has 2 bridgehead atoms. The van der Waals surface area contributed by atoms with E-state index in [4.69, 9.17) is 9.57 Å².